The van der Waals surface area contributed by atoms with Crippen LogP contribution in [-0.4, -0.2) is 29.0 Å². The third-order valence-electron chi connectivity index (χ3n) is 2.98. The molecule has 0 spiro atoms. The molecule has 1 saturated heterocycles. The zero-order valence-corrected chi connectivity index (χ0v) is 10.8. The summed E-state index contributed by atoms with van der Waals surface area (Å²) in [4.78, 5) is 12.7. The highest BCUT2D eigenvalue weighted by Crippen LogP contribution is 2.32. The predicted molar refractivity (Wildman–Crippen MR) is 71.9 cm³/mol. The quantitative estimate of drug-likeness (QED) is 0.605. The van der Waals surface area contributed by atoms with Crippen LogP contribution in [-0.2, 0) is 0 Å². The summed E-state index contributed by atoms with van der Waals surface area (Å²) in [6, 6.07) is 6.88. The Balaban J connectivity index is 2.43. The van der Waals surface area contributed by atoms with Gasteiger partial charge in [0.2, 0.25) is 0 Å². The summed E-state index contributed by atoms with van der Waals surface area (Å²) in [5.74, 6) is 1.94. The minimum atomic E-state index is -0.412. The van der Waals surface area contributed by atoms with Crippen molar-refractivity contribution in [3.63, 3.8) is 0 Å². The van der Waals surface area contributed by atoms with E-state index in [1.54, 1.807) is 12.1 Å². The fraction of sp³-hybridized carbons (Fsp3) is 0.417. The first-order valence-corrected chi connectivity index (χ1v) is 6.82. The summed E-state index contributed by atoms with van der Waals surface area (Å²) in [6.07, 6.45) is 0. The Bertz CT molecular complexity index is 513. The van der Waals surface area contributed by atoms with Crippen molar-refractivity contribution >= 4 is 23.1 Å². The van der Waals surface area contributed by atoms with Gasteiger partial charge in [0.15, 0.2) is 0 Å². The predicted octanol–water partition coefficient (Wildman–Crippen LogP) is 2.41. The maximum absolute atomic E-state index is 11.1. The van der Waals surface area contributed by atoms with E-state index in [0.29, 0.717) is 11.3 Å². The van der Waals surface area contributed by atoms with Gasteiger partial charge in [-0.25, -0.2) is 0 Å². The molecule has 0 unspecified atom stereocenters. The number of nitriles is 1. The topological polar surface area (TPSA) is 70.2 Å². The summed E-state index contributed by atoms with van der Waals surface area (Å²) in [5, 5.41) is 19.9. The van der Waals surface area contributed by atoms with Gasteiger partial charge in [-0.3, -0.25) is 10.1 Å². The van der Waals surface area contributed by atoms with Gasteiger partial charge >= 0.3 is 0 Å². The van der Waals surface area contributed by atoms with E-state index >= 15 is 0 Å². The Kier molecular flexibility index (Phi) is 3.72. The number of anilines is 1. The van der Waals surface area contributed by atoms with Gasteiger partial charge in [0.05, 0.1) is 16.6 Å². The summed E-state index contributed by atoms with van der Waals surface area (Å²) in [7, 11) is 0. The molecule has 5 nitrogen and oxygen atoms in total. The van der Waals surface area contributed by atoms with Crippen LogP contribution in [0.15, 0.2) is 18.2 Å². The minimum Gasteiger partial charge on any atom is -0.362 e. The molecule has 1 atom stereocenters. The molecule has 1 fully saturated rings. The van der Waals surface area contributed by atoms with Crippen LogP contribution in [0.5, 0.6) is 0 Å². The molecule has 2 rings (SSSR count). The molecule has 1 aromatic rings. The number of hydrogen-bond acceptors (Lipinski definition) is 5. The van der Waals surface area contributed by atoms with Gasteiger partial charge in [-0.05, 0) is 19.1 Å². The second kappa shape index (κ2) is 5.27. The van der Waals surface area contributed by atoms with E-state index in [1.165, 1.54) is 6.07 Å². The van der Waals surface area contributed by atoms with Crippen molar-refractivity contribution in [3.05, 3.63) is 33.9 Å². The fourth-order valence-electron chi connectivity index (χ4n) is 2.07. The molecule has 18 heavy (non-hydrogen) atoms. The van der Waals surface area contributed by atoms with Crippen LogP contribution in [0.2, 0.25) is 0 Å². The van der Waals surface area contributed by atoms with Crippen LogP contribution in [0, 0.1) is 21.4 Å². The van der Waals surface area contributed by atoms with E-state index in [2.05, 4.69) is 11.8 Å². The van der Waals surface area contributed by atoms with Crippen LogP contribution in [0.25, 0.3) is 0 Å². The highest BCUT2D eigenvalue weighted by Gasteiger charge is 2.25. The molecule has 0 saturated carbocycles. The van der Waals surface area contributed by atoms with Crippen LogP contribution >= 0.6 is 11.8 Å². The van der Waals surface area contributed by atoms with E-state index in [1.807, 2.05) is 17.8 Å². The van der Waals surface area contributed by atoms with Gasteiger partial charge in [-0.2, -0.15) is 17.0 Å². The number of nitro benzene ring substituents is 1. The highest BCUT2D eigenvalue weighted by atomic mass is 32.2. The molecule has 0 N–H and O–H groups in total. The molecule has 0 amide bonds. The Hall–Kier alpha value is -1.74. The van der Waals surface area contributed by atoms with Crippen LogP contribution in [0.3, 0.4) is 0 Å². The third kappa shape index (κ3) is 2.41. The van der Waals surface area contributed by atoms with Crippen LogP contribution in [0.4, 0.5) is 11.4 Å². The zero-order chi connectivity index (χ0) is 13.1. The lowest BCUT2D eigenvalue weighted by Crippen LogP contribution is -2.40. The Morgan fingerprint density at radius 3 is 3.00 bits per heavy atom. The van der Waals surface area contributed by atoms with Crippen molar-refractivity contribution in [3.8, 4) is 6.07 Å². The maximum atomic E-state index is 11.1. The summed E-state index contributed by atoms with van der Waals surface area (Å²) < 4.78 is 0. The molecule has 0 aliphatic carbocycles. The van der Waals surface area contributed by atoms with Crippen molar-refractivity contribution in [2.24, 2.45) is 0 Å². The smallest absolute Gasteiger partial charge is 0.293 e. The van der Waals surface area contributed by atoms with Crippen molar-refractivity contribution in [2.45, 2.75) is 13.0 Å². The van der Waals surface area contributed by atoms with E-state index in [-0.39, 0.29) is 11.7 Å². The van der Waals surface area contributed by atoms with Gasteiger partial charge in [-0.15, -0.1) is 0 Å². The zero-order valence-electron chi connectivity index (χ0n) is 10.00. The molecule has 1 aliphatic rings. The number of nitrogens with zero attached hydrogens (tertiary/aromatic N) is 3. The Morgan fingerprint density at radius 1 is 1.61 bits per heavy atom. The van der Waals surface area contributed by atoms with Crippen molar-refractivity contribution in [2.75, 3.05) is 23.0 Å². The standard InChI is InChI=1S/C12H13N3O2S/c1-9-8-18-5-4-14(9)11-3-2-10(7-13)6-12(11)15(16)17/h2-3,6,9H,4-5,8H2,1H3/t9-/m0/s1. The average molecular weight is 263 g/mol. The summed E-state index contributed by atoms with van der Waals surface area (Å²) in [5.41, 5.74) is 0.962. The van der Waals surface area contributed by atoms with E-state index in [4.69, 9.17) is 5.26 Å². The first-order valence-electron chi connectivity index (χ1n) is 5.66. The first-order chi connectivity index (χ1) is 8.63. The van der Waals surface area contributed by atoms with Crippen LogP contribution in [0.1, 0.15) is 12.5 Å². The third-order valence-corrected chi connectivity index (χ3v) is 4.17. The largest absolute Gasteiger partial charge is 0.362 e. The second-order valence-electron chi connectivity index (χ2n) is 4.19. The van der Waals surface area contributed by atoms with Crippen LogP contribution < -0.4 is 4.90 Å². The average Bonchev–Trinajstić information content (AvgIpc) is 2.38. The fourth-order valence-corrected chi connectivity index (χ4v) is 3.08. The van der Waals surface area contributed by atoms with E-state index in [9.17, 15) is 10.1 Å². The minimum absolute atomic E-state index is 0.0211. The van der Waals surface area contributed by atoms with Crippen molar-refractivity contribution in [1.82, 2.24) is 0 Å². The molecule has 1 aliphatic heterocycles. The summed E-state index contributed by atoms with van der Waals surface area (Å²) >= 11 is 1.86. The normalized spacial score (nSPS) is 19.3. The number of hydrogen-bond donors (Lipinski definition) is 0. The second-order valence-corrected chi connectivity index (χ2v) is 5.34. The van der Waals surface area contributed by atoms with Gasteiger partial charge < -0.3 is 4.90 Å². The van der Waals surface area contributed by atoms with Gasteiger partial charge in [-0.1, -0.05) is 0 Å². The van der Waals surface area contributed by atoms with E-state index < -0.39 is 4.92 Å². The lowest BCUT2D eigenvalue weighted by molar-refractivity contribution is -0.384. The van der Waals surface area contributed by atoms with Gasteiger partial charge in [0, 0.05) is 30.2 Å². The number of nitro groups is 1. The van der Waals surface area contributed by atoms with E-state index in [0.717, 1.165) is 18.1 Å². The van der Waals surface area contributed by atoms with Crippen molar-refractivity contribution in [1.29, 1.82) is 5.26 Å². The summed E-state index contributed by atoms with van der Waals surface area (Å²) in [6.45, 7) is 2.87. The lowest BCUT2D eigenvalue weighted by Gasteiger charge is -2.34. The van der Waals surface area contributed by atoms with Crippen molar-refractivity contribution < 1.29 is 4.92 Å². The lowest BCUT2D eigenvalue weighted by atomic mass is 10.1. The molecule has 6 heteroatoms. The number of thioether (sulfide) groups is 1. The molecule has 1 aromatic carbocycles. The molecule has 94 valence electrons. The van der Waals surface area contributed by atoms with Gasteiger partial charge in [0.25, 0.3) is 5.69 Å². The monoisotopic (exact) mass is 263 g/mol. The molecule has 0 bridgehead atoms. The van der Waals surface area contributed by atoms with Gasteiger partial charge in [0.1, 0.15) is 5.69 Å². The molecule has 0 aromatic heterocycles. The molecule has 0 radical (unpaired) electrons. The molecule has 1 heterocycles. The maximum Gasteiger partial charge on any atom is 0.293 e. The molecular formula is C12H13N3O2S. The number of rotatable bonds is 2. The first kappa shape index (κ1) is 12.7. The Labute approximate surface area is 110 Å². The molecular weight excluding hydrogens is 250 g/mol. The number of benzene rings is 1. The highest BCUT2D eigenvalue weighted by molar-refractivity contribution is 7.99. The Morgan fingerprint density at radius 2 is 2.39 bits per heavy atom. The SMILES string of the molecule is C[C@H]1CSCCN1c1ccc(C#N)cc1[N+](=O)[O-].